The number of nitrogens with one attached hydrogen (secondary N) is 3. The average molecular weight is 592 g/mol. The third-order valence-electron chi connectivity index (χ3n) is 6.54. The van der Waals surface area contributed by atoms with Crippen LogP contribution in [0.5, 0.6) is 11.5 Å². The Balaban J connectivity index is 2.44. The number of carbonyl (C=O) groups excluding carboxylic acids is 3. The Hall–Kier alpha value is -3.40. The normalized spacial score (nSPS) is 14.4. The van der Waals surface area contributed by atoms with Gasteiger partial charge in [0, 0.05) is 19.8 Å². The Bertz CT molecular complexity index is 1180. The molecular formula is C29H42N3O8P. The van der Waals surface area contributed by atoms with Crippen molar-refractivity contribution in [2.24, 2.45) is 5.92 Å². The molecule has 0 fully saturated rings. The van der Waals surface area contributed by atoms with E-state index < -0.39 is 37.3 Å². The molecule has 5 N–H and O–H groups in total. The highest BCUT2D eigenvalue weighted by Gasteiger charge is 2.39. The van der Waals surface area contributed by atoms with E-state index in [0.717, 1.165) is 0 Å². The molecule has 0 aromatic heterocycles. The lowest BCUT2D eigenvalue weighted by atomic mass is 9.97. The van der Waals surface area contributed by atoms with Crippen molar-refractivity contribution in [3.05, 3.63) is 59.7 Å². The highest BCUT2D eigenvalue weighted by atomic mass is 31.2. The molecule has 11 nitrogen and oxygen atoms in total. The van der Waals surface area contributed by atoms with Crippen LogP contribution >= 0.6 is 7.60 Å². The number of hydrogen-bond acceptors (Lipinski definition) is 8. The topological polar surface area (TPSA) is 163 Å². The zero-order chi connectivity index (χ0) is 30.6. The summed E-state index contributed by atoms with van der Waals surface area (Å²) in [5.41, 5.74) is 1.31. The van der Waals surface area contributed by atoms with E-state index >= 15 is 0 Å². The molecule has 0 spiro atoms. The summed E-state index contributed by atoms with van der Waals surface area (Å²) in [4.78, 5) is 39.0. The first-order valence-electron chi connectivity index (χ1n) is 13.7. The monoisotopic (exact) mass is 591 g/mol. The Morgan fingerprint density at radius 1 is 0.780 bits per heavy atom. The van der Waals surface area contributed by atoms with Crippen LogP contribution in [-0.4, -0.2) is 59.0 Å². The van der Waals surface area contributed by atoms with Gasteiger partial charge < -0.3 is 35.2 Å². The molecule has 226 valence electrons. The summed E-state index contributed by atoms with van der Waals surface area (Å²) in [6.45, 7) is 8.49. The highest BCUT2D eigenvalue weighted by molar-refractivity contribution is 7.54. The van der Waals surface area contributed by atoms with Gasteiger partial charge in [-0.3, -0.25) is 18.9 Å². The molecule has 12 heteroatoms. The van der Waals surface area contributed by atoms with Gasteiger partial charge in [-0.15, -0.1) is 0 Å². The molecule has 0 saturated heterocycles. The average Bonchev–Trinajstić information content (AvgIpc) is 2.92. The molecule has 4 atom stereocenters. The van der Waals surface area contributed by atoms with Crippen LogP contribution in [0.15, 0.2) is 48.5 Å². The van der Waals surface area contributed by atoms with Gasteiger partial charge >= 0.3 is 7.60 Å². The number of rotatable bonds is 16. The van der Waals surface area contributed by atoms with Crippen molar-refractivity contribution in [1.82, 2.24) is 16.0 Å². The quantitative estimate of drug-likeness (QED) is 0.185. The molecule has 0 radical (unpaired) electrons. The van der Waals surface area contributed by atoms with Crippen molar-refractivity contribution in [2.45, 2.75) is 71.7 Å². The molecule has 0 aliphatic carbocycles. The molecular weight excluding hydrogens is 549 g/mol. The van der Waals surface area contributed by atoms with Crippen molar-refractivity contribution in [2.75, 3.05) is 13.2 Å². The van der Waals surface area contributed by atoms with Gasteiger partial charge in [0.25, 0.3) is 0 Å². The summed E-state index contributed by atoms with van der Waals surface area (Å²) < 4.78 is 25.0. The second-order valence-corrected chi connectivity index (χ2v) is 12.0. The van der Waals surface area contributed by atoms with Crippen LogP contribution in [0.4, 0.5) is 0 Å². The molecule has 0 aliphatic heterocycles. The van der Waals surface area contributed by atoms with Crippen LogP contribution in [-0.2, 0) is 40.8 Å². The summed E-state index contributed by atoms with van der Waals surface area (Å²) in [5, 5.41) is 27.6. The molecule has 2 aromatic carbocycles. The van der Waals surface area contributed by atoms with Crippen LogP contribution in [0.25, 0.3) is 0 Å². The van der Waals surface area contributed by atoms with Crippen LogP contribution in [0.2, 0.25) is 0 Å². The summed E-state index contributed by atoms with van der Waals surface area (Å²) >= 11 is 0. The van der Waals surface area contributed by atoms with E-state index in [0.29, 0.717) is 17.5 Å². The van der Waals surface area contributed by atoms with Crippen molar-refractivity contribution in [1.29, 1.82) is 0 Å². The van der Waals surface area contributed by atoms with E-state index in [1.54, 1.807) is 38.1 Å². The number of hydrogen-bond donors (Lipinski definition) is 5. The maximum Gasteiger partial charge on any atom is 0.353 e. The van der Waals surface area contributed by atoms with E-state index in [-0.39, 0.29) is 49.4 Å². The second kappa shape index (κ2) is 16.1. The number of phenols is 2. The van der Waals surface area contributed by atoms with Crippen molar-refractivity contribution in [3.8, 4) is 11.5 Å². The van der Waals surface area contributed by atoms with Crippen LogP contribution < -0.4 is 16.0 Å². The first-order valence-corrected chi connectivity index (χ1v) is 15.4. The minimum atomic E-state index is -3.88. The van der Waals surface area contributed by atoms with E-state index in [9.17, 15) is 29.2 Å². The van der Waals surface area contributed by atoms with Gasteiger partial charge in [-0.1, -0.05) is 44.5 Å². The molecule has 2 rings (SSSR count). The Morgan fingerprint density at radius 2 is 1.27 bits per heavy atom. The van der Waals surface area contributed by atoms with Crippen LogP contribution in [0.1, 0.15) is 52.2 Å². The Morgan fingerprint density at radius 3 is 1.71 bits per heavy atom. The van der Waals surface area contributed by atoms with Gasteiger partial charge in [-0.05, 0) is 55.2 Å². The smallest absolute Gasteiger partial charge is 0.353 e. The summed E-state index contributed by atoms with van der Waals surface area (Å²) in [5.74, 6) is -2.78. The van der Waals surface area contributed by atoms with E-state index in [1.165, 1.54) is 31.2 Å². The van der Waals surface area contributed by atoms with Gasteiger partial charge in [-0.25, -0.2) is 0 Å². The fraction of sp³-hybridized carbons (Fsp3) is 0.483. The molecule has 0 aliphatic rings. The van der Waals surface area contributed by atoms with Gasteiger partial charge in [-0.2, -0.15) is 0 Å². The number of aromatic hydroxyl groups is 2. The number of carbonyl (C=O) groups is 3. The molecule has 1 unspecified atom stereocenters. The molecule has 41 heavy (non-hydrogen) atoms. The predicted molar refractivity (Wildman–Crippen MR) is 155 cm³/mol. The predicted octanol–water partition coefficient (Wildman–Crippen LogP) is 3.63. The molecule has 0 bridgehead atoms. The molecule has 0 heterocycles. The zero-order valence-electron chi connectivity index (χ0n) is 24.3. The highest BCUT2D eigenvalue weighted by Crippen LogP contribution is 2.53. The summed E-state index contributed by atoms with van der Waals surface area (Å²) in [6.07, 6.45) is 0.711. The molecule has 3 amide bonds. The van der Waals surface area contributed by atoms with Crippen molar-refractivity contribution >= 4 is 25.3 Å². The Labute approximate surface area is 241 Å². The number of benzene rings is 2. The first kappa shape index (κ1) is 33.8. The molecule has 0 saturated carbocycles. The van der Waals surface area contributed by atoms with Crippen molar-refractivity contribution in [3.63, 3.8) is 0 Å². The SMILES string of the molecule is CCOP(=O)(OCC)C(Cc1ccc(O)cc1)NC(=O)[C@H](Cc1ccc(O)cc1)NC(=O)[C@@H](NC(C)=O)[C@@H](C)CC. The van der Waals surface area contributed by atoms with Crippen LogP contribution in [0, 0.1) is 5.92 Å². The number of amides is 3. The third kappa shape index (κ3) is 10.5. The Kier molecular flexibility index (Phi) is 13.3. The van der Waals surface area contributed by atoms with Crippen molar-refractivity contribution < 1.29 is 38.2 Å². The second-order valence-electron chi connectivity index (χ2n) is 9.77. The largest absolute Gasteiger partial charge is 0.508 e. The molecule has 2 aromatic rings. The first-order chi connectivity index (χ1) is 19.4. The van der Waals surface area contributed by atoms with E-state index in [4.69, 9.17) is 9.05 Å². The lowest BCUT2D eigenvalue weighted by Crippen LogP contribution is -2.57. The van der Waals surface area contributed by atoms with Crippen LogP contribution in [0.3, 0.4) is 0 Å². The van der Waals surface area contributed by atoms with E-state index in [2.05, 4.69) is 16.0 Å². The van der Waals surface area contributed by atoms with E-state index in [1.807, 2.05) is 13.8 Å². The minimum absolute atomic E-state index is 0.0459. The lowest BCUT2D eigenvalue weighted by Gasteiger charge is -2.30. The third-order valence-corrected chi connectivity index (χ3v) is 8.85. The summed E-state index contributed by atoms with van der Waals surface area (Å²) in [7, 11) is -3.88. The van der Waals surface area contributed by atoms with Gasteiger partial charge in [0.15, 0.2) is 0 Å². The standard InChI is InChI=1S/C29H42N3O8P/c1-6-19(4)27(30-20(5)33)29(37)31-25(17-21-9-13-23(34)14-10-21)28(36)32-26(41(38,39-7-2)40-8-3)18-22-11-15-24(35)16-12-22/h9-16,19,25-27,34-35H,6-8,17-18H2,1-5H3,(H,30,33)(H,31,37)(H,32,36)/t19-,25-,26?,27-/m0/s1. The lowest BCUT2D eigenvalue weighted by molar-refractivity contribution is -0.132. The summed E-state index contributed by atoms with van der Waals surface area (Å²) in [6, 6.07) is 10.4. The minimum Gasteiger partial charge on any atom is -0.508 e. The fourth-order valence-corrected chi connectivity index (χ4v) is 6.07. The van der Waals surface area contributed by atoms with Gasteiger partial charge in [0.05, 0.1) is 13.2 Å². The maximum absolute atomic E-state index is 13.8. The number of phenolic OH excluding ortho intramolecular Hbond substituents is 2. The fourth-order valence-electron chi connectivity index (χ4n) is 4.20. The van der Waals surface area contributed by atoms with Gasteiger partial charge in [0.2, 0.25) is 17.7 Å². The maximum atomic E-state index is 13.8. The zero-order valence-corrected chi connectivity index (χ0v) is 25.1. The van der Waals surface area contributed by atoms with Gasteiger partial charge in [0.1, 0.15) is 29.4 Å².